The average Bonchev–Trinajstić information content (AvgIpc) is 2.63. The number of anilines is 1. The zero-order valence-electron chi connectivity index (χ0n) is 15.6. The largest absolute Gasteiger partial charge is 0.457 e. The molecule has 27 heavy (non-hydrogen) atoms. The summed E-state index contributed by atoms with van der Waals surface area (Å²) in [6, 6.07) is 16.4. The van der Waals surface area contributed by atoms with E-state index in [1.54, 1.807) is 0 Å². The van der Waals surface area contributed by atoms with Crippen molar-refractivity contribution < 1.29 is 18.3 Å². The highest BCUT2D eigenvalue weighted by atomic mass is 32.2. The normalized spacial score (nSPS) is 23.2. The van der Waals surface area contributed by atoms with E-state index in [0.717, 1.165) is 24.3 Å². The molecule has 0 saturated heterocycles. The summed E-state index contributed by atoms with van der Waals surface area (Å²) in [6.07, 6.45) is 2.66. The number of ether oxygens (including phenoxy) is 1. The lowest BCUT2D eigenvalue weighted by Gasteiger charge is -2.39. The second kappa shape index (κ2) is 8.29. The minimum absolute atomic E-state index is 0.222. The first-order valence-corrected chi connectivity index (χ1v) is 10.9. The van der Waals surface area contributed by atoms with Crippen molar-refractivity contribution in [1.82, 2.24) is 4.31 Å². The van der Waals surface area contributed by atoms with Crippen molar-refractivity contribution in [3.05, 3.63) is 54.6 Å². The van der Waals surface area contributed by atoms with Crippen LogP contribution >= 0.6 is 0 Å². The third kappa shape index (κ3) is 5.00. The average molecular weight is 391 g/mol. The SMILES string of the molecule is CN([C@@H]1CCC[C@@H](Nc2cccc(Oc3ccccc3)c2)[C@@H]1O)S(C)(=O)=O. The fraction of sp³-hybridized carbons (Fsp3) is 0.400. The Labute approximate surface area is 160 Å². The van der Waals surface area contributed by atoms with Crippen molar-refractivity contribution in [3.8, 4) is 11.5 Å². The number of sulfonamides is 1. The fourth-order valence-electron chi connectivity index (χ4n) is 3.45. The smallest absolute Gasteiger partial charge is 0.211 e. The zero-order chi connectivity index (χ0) is 19.4. The van der Waals surface area contributed by atoms with Crippen LogP contribution in [-0.4, -0.2) is 49.3 Å². The summed E-state index contributed by atoms with van der Waals surface area (Å²) in [5.41, 5.74) is 0.829. The first-order chi connectivity index (χ1) is 12.8. The standard InChI is InChI=1S/C20H26N2O4S/c1-22(27(2,24)25)19-13-7-12-18(20(19)23)21-15-8-6-11-17(14-15)26-16-9-4-3-5-10-16/h3-6,8-11,14,18-21,23H,7,12-13H2,1-2H3/t18-,19-,20+/m1/s1. The van der Waals surface area contributed by atoms with Crippen LogP contribution in [0.3, 0.4) is 0 Å². The highest BCUT2D eigenvalue weighted by Crippen LogP contribution is 2.29. The van der Waals surface area contributed by atoms with Gasteiger partial charge in [-0.3, -0.25) is 0 Å². The Bertz CT molecular complexity index is 857. The Morgan fingerprint density at radius 2 is 1.78 bits per heavy atom. The maximum absolute atomic E-state index is 11.8. The minimum atomic E-state index is -3.35. The van der Waals surface area contributed by atoms with E-state index in [1.165, 1.54) is 17.6 Å². The lowest BCUT2D eigenvalue weighted by atomic mass is 9.88. The minimum Gasteiger partial charge on any atom is -0.457 e. The van der Waals surface area contributed by atoms with Crippen molar-refractivity contribution >= 4 is 15.7 Å². The van der Waals surface area contributed by atoms with Crippen LogP contribution in [0.2, 0.25) is 0 Å². The molecule has 6 nitrogen and oxygen atoms in total. The highest BCUT2D eigenvalue weighted by Gasteiger charge is 2.37. The first-order valence-electron chi connectivity index (χ1n) is 9.05. The van der Waals surface area contributed by atoms with Gasteiger partial charge in [0.25, 0.3) is 0 Å². The first kappa shape index (κ1) is 19.7. The number of para-hydroxylation sites is 1. The summed E-state index contributed by atoms with van der Waals surface area (Å²) in [4.78, 5) is 0. The van der Waals surface area contributed by atoms with Crippen molar-refractivity contribution in [2.45, 2.75) is 37.5 Å². The monoisotopic (exact) mass is 390 g/mol. The molecule has 1 fully saturated rings. The molecule has 2 aromatic rings. The van der Waals surface area contributed by atoms with Crippen LogP contribution in [0, 0.1) is 0 Å². The van der Waals surface area contributed by atoms with Crippen molar-refractivity contribution in [2.24, 2.45) is 0 Å². The summed E-state index contributed by atoms with van der Waals surface area (Å²) < 4.78 is 30.8. The molecule has 2 aromatic carbocycles. The molecule has 0 aliphatic heterocycles. The van der Waals surface area contributed by atoms with Gasteiger partial charge < -0.3 is 15.2 Å². The number of nitrogens with one attached hydrogen (secondary N) is 1. The van der Waals surface area contributed by atoms with Gasteiger partial charge in [0.1, 0.15) is 11.5 Å². The second-order valence-electron chi connectivity index (χ2n) is 6.96. The second-order valence-corrected chi connectivity index (χ2v) is 9.00. The number of rotatable bonds is 6. The highest BCUT2D eigenvalue weighted by molar-refractivity contribution is 7.88. The zero-order valence-corrected chi connectivity index (χ0v) is 16.4. The number of aliphatic hydroxyl groups is 1. The van der Waals surface area contributed by atoms with Crippen LogP contribution in [0.15, 0.2) is 54.6 Å². The van der Waals surface area contributed by atoms with Gasteiger partial charge in [0, 0.05) is 18.8 Å². The van der Waals surface area contributed by atoms with Gasteiger partial charge in [-0.05, 0) is 43.5 Å². The van der Waals surface area contributed by atoms with Gasteiger partial charge >= 0.3 is 0 Å². The lowest BCUT2D eigenvalue weighted by Crippen LogP contribution is -2.53. The summed E-state index contributed by atoms with van der Waals surface area (Å²) in [5.74, 6) is 1.45. The molecule has 0 unspecified atom stereocenters. The number of hydrogen-bond donors (Lipinski definition) is 2. The van der Waals surface area contributed by atoms with Gasteiger partial charge in [0.2, 0.25) is 10.0 Å². The van der Waals surface area contributed by atoms with Crippen LogP contribution in [0.1, 0.15) is 19.3 Å². The summed E-state index contributed by atoms with van der Waals surface area (Å²) in [7, 11) is -1.82. The third-order valence-electron chi connectivity index (χ3n) is 4.98. The Kier molecular flexibility index (Phi) is 6.04. The molecule has 1 aliphatic rings. The van der Waals surface area contributed by atoms with Crippen LogP contribution in [0.4, 0.5) is 5.69 Å². The van der Waals surface area contributed by atoms with Crippen molar-refractivity contribution in [2.75, 3.05) is 18.6 Å². The Hall–Kier alpha value is -2.09. The fourth-order valence-corrected chi connectivity index (χ4v) is 4.17. The van der Waals surface area contributed by atoms with E-state index < -0.39 is 22.2 Å². The molecule has 0 aromatic heterocycles. The van der Waals surface area contributed by atoms with E-state index in [-0.39, 0.29) is 6.04 Å². The molecule has 0 spiro atoms. The number of aliphatic hydroxyl groups excluding tert-OH is 1. The van der Waals surface area contributed by atoms with Crippen LogP contribution < -0.4 is 10.1 Å². The Morgan fingerprint density at radius 3 is 2.48 bits per heavy atom. The molecule has 7 heteroatoms. The van der Waals surface area contributed by atoms with Crippen LogP contribution in [-0.2, 0) is 10.0 Å². The van der Waals surface area contributed by atoms with E-state index in [1.807, 2.05) is 54.6 Å². The third-order valence-corrected chi connectivity index (χ3v) is 6.29. The van der Waals surface area contributed by atoms with Crippen molar-refractivity contribution in [3.63, 3.8) is 0 Å². The molecule has 0 bridgehead atoms. The van der Waals surface area contributed by atoms with Crippen LogP contribution in [0.25, 0.3) is 0 Å². The molecule has 2 N–H and O–H groups in total. The Balaban J connectivity index is 1.70. The number of hydrogen-bond acceptors (Lipinski definition) is 5. The molecular formula is C20H26N2O4S. The molecule has 3 atom stereocenters. The summed E-state index contributed by atoms with van der Waals surface area (Å²) in [6.45, 7) is 0. The molecule has 0 amide bonds. The molecule has 1 aliphatic carbocycles. The van der Waals surface area contributed by atoms with E-state index >= 15 is 0 Å². The van der Waals surface area contributed by atoms with Gasteiger partial charge in [0.05, 0.1) is 24.4 Å². The van der Waals surface area contributed by atoms with Gasteiger partial charge in [-0.25, -0.2) is 8.42 Å². The maximum atomic E-state index is 11.8. The number of likely N-dealkylation sites (N-methyl/N-ethyl adjacent to an activating group) is 1. The predicted molar refractivity (Wildman–Crippen MR) is 107 cm³/mol. The molecular weight excluding hydrogens is 364 g/mol. The molecule has 3 rings (SSSR count). The van der Waals surface area contributed by atoms with Crippen molar-refractivity contribution in [1.29, 1.82) is 0 Å². The Morgan fingerprint density at radius 1 is 1.07 bits per heavy atom. The number of nitrogens with zero attached hydrogens (tertiary/aromatic N) is 1. The maximum Gasteiger partial charge on any atom is 0.211 e. The topological polar surface area (TPSA) is 78.9 Å². The summed E-state index contributed by atoms with van der Waals surface area (Å²) in [5, 5.41) is 14.1. The van der Waals surface area contributed by atoms with Gasteiger partial charge in [-0.1, -0.05) is 24.3 Å². The molecule has 0 heterocycles. The van der Waals surface area contributed by atoms with E-state index in [0.29, 0.717) is 12.2 Å². The van der Waals surface area contributed by atoms with Gasteiger partial charge in [0.15, 0.2) is 0 Å². The van der Waals surface area contributed by atoms with E-state index in [2.05, 4.69) is 5.32 Å². The van der Waals surface area contributed by atoms with E-state index in [4.69, 9.17) is 4.74 Å². The predicted octanol–water partition coefficient (Wildman–Crippen LogP) is 3.06. The van der Waals surface area contributed by atoms with Crippen LogP contribution in [0.5, 0.6) is 11.5 Å². The number of benzene rings is 2. The molecule has 146 valence electrons. The van der Waals surface area contributed by atoms with E-state index in [9.17, 15) is 13.5 Å². The van der Waals surface area contributed by atoms with Gasteiger partial charge in [-0.2, -0.15) is 4.31 Å². The molecule has 1 saturated carbocycles. The van der Waals surface area contributed by atoms with Gasteiger partial charge in [-0.15, -0.1) is 0 Å². The molecule has 0 radical (unpaired) electrons. The lowest BCUT2D eigenvalue weighted by molar-refractivity contribution is 0.0534. The quantitative estimate of drug-likeness (QED) is 0.793. The summed E-state index contributed by atoms with van der Waals surface area (Å²) >= 11 is 0.